The average Bonchev–Trinajstić information content (AvgIpc) is 2.17. The summed E-state index contributed by atoms with van der Waals surface area (Å²) in [5.41, 5.74) is 2.65. The minimum absolute atomic E-state index is 0.329. The molecule has 2 rings (SSSR count). The summed E-state index contributed by atoms with van der Waals surface area (Å²) in [5, 5.41) is 0. The zero-order valence-electron chi connectivity index (χ0n) is 7.59. The van der Waals surface area contributed by atoms with Crippen molar-refractivity contribution in [3.8, 4) is 0 Å². The van der Waals surface area contributed by atoms with E-state index in [4.69, 9.17) is 0 Å². The molecule has 1 aromatic carbocycles. The number of rotatable bonds is 1. The summed E-state index contributed by atoms with van der Waals surface area (Å²) in [5.74, 6) is 0. The van der Waals surface area contributed by atoms with Gasteiger partial charge in [-0.25, -0.2) is 0 Å². The highest BCUT2D eigenvalue weighted by Gasteiger charge is 2.12. The van der Waals surface area contributed by atoms with E-state index in [9.17, 15) is 3.89 Å². The summed E-state index contributed by atoms with van der Waals surface area (Å²) < 4.78 is 12.3. The van der Waals surface area contributed by atoms with Gasteiger partial charge in [-0.1, -0.05) is 6.07 Å². The molecule has 0 fully saturated rings. The Bertz CT molecular complexity index is 314. The molecule has 1 aromatic rings. The van der Waals surface area contributed by atoms with Crippen molar-refractivity contribution in [2.75, 3.05) is 13.6 Å². The third-order valence-corrected chi connectivity index (χ3v) is 2.90. The third kappa shape index (κ3) is 1.86. The first-order chi connectivity index (χ1) is 6.29. The monoisotopic (exact) mass is 197 g/mol. The van der Waals surface area contributed by atoms with Crippen molar-refractivity contribution in [2.45, 2.75) is 17.9 Å². The van der Waals surface area contributed by atoms with Crippen molar-refractivity contribution >= 4 is 12.1 Å². The quantitative estimate of drug-likeness (QED) is 0.681. The lowest BCUT2D eigenvalue weighted by Gasteiger charge is -2.24. The second kappa shape index (κ2) is 3.68. The highest BCUT2D eigenvalue weighted by molar-refractivity contribution is 7.94. The summed E-state index contributed by atoms with van der Waals surface area (Å²) in [7, 11) is 2.11. The normalized spacial score (nSPS) is 17.1. The van der Waals surface area contributed by atoms with Crippen LogP contribution in [0.1, 0.15) is 11.1 Å². The smallest absolute Gasteiger partial charge is 0.0812 e. The fourth-order valence-corrected chi connectivity index (χ4v) is 2.02. The van der Waals surface area contributed by atoms with Crippen molar-refractivity contribution < 1.29 is 3.89 Å². The summed E-state index contributed by atoms with van der Waals surface area (Å²) in [6.07, 6.45) is 1.04. The van der Waals surface area contributed by atoms with Crippen LogP contribution in [0, 0.1) is 0 Å². The van der Waals surface area contributed by atoms with Gasteiger partial charge >= 0.3 is 0 Å². The second-order valence-corrected chi connectivity index (χ2v) is 4.12. The van der Waals surface area contributed by atoms with Gasteiger partial charge in [0.1, 0.15) is 0 Å². The molecule has 0 aromatic heterocycles. The summed E-state index contributed by atoms with van der Waals surface area (Å²) in [4.78, 5) is 3.01. The van der Waals surface area contributed by atoms with Gasteiger partial charge in [-0.15, -0.1) is 0 Å². The first kappa shape index (κ1) is 9.03. The van der Waals surface area contributed by atoms with Crippen LogP contribution in [0.25, 0.3) is 0 Å². The van der Waals surface area contributed by atoms with E-state index in [0.717, 1.165) is 24.4 Å². The SMILES string of the molecule is CN1CCc2cc(SF)ccc2C1. The Morgan fingerprint density at radius 1 is 1.38 bits per heavy atom. The first-order valence-electron chi connectivity index (χ1n) is 4.38. The maximum atomic E-state index is 12.3. The zero-order valence-corrected chi connectivity index (χ0v) is 8.40. The molecule has 1 aliphatic heterocycles. The number of halogens is 1. The molecule has 0 bridgehead atoms. The predicted molar refractivity (Wildman–Crippen MR) is 53.4 cm³/mol. The van der Waals surface area contributed by atoms with Crippen molar-refractivity contribution in [3.63, 3.8) is 0 Å². The van der Waals surface area contributed by atoms with E-state index >= 15 is 0 Å². The number of benzene rings is 1. The fourth-order valence-electron chi connectivity index (χ4n) is 1.72. The van der Waals surface area contributed by atoms with Crippen molar-refractivity contribution in [2.24, 2.45) is 0 Å². The van der Waals surface area contributed by atoms with Crippen LogP contribution in [0.5, 0.6) is 0 Å². The van der Waals surface area contributed by atoms with Crippen LogP contribution in [-0.2, 0) is 13.0 Å². The predicted octanol–water partition coefficient (Wildman–Crippen LogP) is 2.65. The Hall–Kier alpha value is -0.540. The van der Waals surface area contributed by atoms with Gasteiger partial charge in [-0.2, -0.15) is 3.89 Å². The molecule has 0 radical (unpaired) electrons. The van der Waals surface area contributed by atoms with Crippen molar-refractivity contribution in [3.05, 3.63) is 29.3 Å². The van der Waals surface area contributed by atoms with Gasteiger partial charge in [0.25, 0.3) is 0 Å². The standard InChI is InChI=1S/C10H12FNS/c1-12-5-4-8-6-10(13-11)3-2-9(8)7-12/h2-3,6H,4-5,7H2,1H3. The molecular formula is C10H12FNS. The molecule has 0 spiro atoms. The summed E-state index contributed by atoms with van der Waals surface area (Å²) >= 11 is 0.329. The van der Waals surface area contributed by atoms with E-state index in [-0.39, 0.29) is 0 Å². The van der Waals surface area contributed by atoms with Gasteiger partial charge in [0.2, 0.25) is 0 Å². The maximum Gasteiger partial charge on any atom is 0.0812 e. The molecule has 0 saturated heterocycles. The molecule has 13 heavy (non-hydrogen) atoms. The molecule has 0 amide bonds. The molecule has 1 heterocycles. The van der Waals surface area contributed by atoms with Gasteiger partial charge in [-0.05, 0) is 36.7 Å². The van der Waals surface area contributed by atoms with E-state index in [1.54, 1.807) is 0 Å². The Morgan fingerprint density at radius 2 is 2.23 bits per heavy atom. The third-order valence-electron chi connectivity index (χ3n) is 2.47. The van der Waals surface area contributed by atoms with Crippen molar-refractivity contribution in [1.82, 2.24) is 4.90 Å². The lowest BCUT2D eigenvalue weighted by atomic mass is 10.0. The lowest BCUT2D eigenvalue weighted by molar-refractivity contribution is 0.312. The average molecular weight is 197 g/mol. The molecule has 1 nitrogen and oxygen atoms in total. The minimum atomic E-state index is 0.329. The number of hydrogen-bond acceptors (Lipinski definition) is 2. The van der Waals surface area contributed by atoms with E-state index in [0.29, 0.717) is 12.1 Å². The van der Waals surface area contributed by atoms with Crippen LogP contribution in [0.4, 0.5) is 3.89 Å². The molecule has 0 unspecified atom stereocenters. The van der Waals surface area contributed by atoms with Crippen molar-refractivity contribution in [1.29, 1.82) is 0 Å². The topological polar surface area (TPSA) is 3.24 Å². The van der Waals surface area contributed by atoms with E-state index < -0.39 is 0 Å². The van der Waals surface area contributed by atoms with Crippen LogP contribution < -0.4 is 0 Å². The zero-order chi connectivity index (χ0) is 9.26. The summed E-state index contributed by atoms with van der Waals surface area (Å²) in [6.45, 7) is 2.07. The van der Waals surface area contributed by atoms with Gasteiger partial charge < -0.3 is 4.90 Å². The largest absolute Gasteiger partial charge is 0.302 e. The molecule has 3 heteroatoms. The molecule has 70 valence electrons. The van der Waals surface area contributed by atoms with Gasteiger partial charge in [0.05, 0.1) is 12.1 Å². The number of fused-ring (bicyclic) bond motifs is 1. The fraction of sp³-hybridized carbons (Fsp3) is 0.400. The maximum absolute atomic E-state index is 12.3. The molecule has 0 saturated carbocycles. The van der Waals surface area contributed by atoms with Gasteiger partial charge in [0.15, 0.2) is 0 Å². The van der Waals surface area contributed by atoms with Crippen LogP contribution >= 0.6 is 12.1 Å². The van der Waals surface area contributed by atoms with Crippen LogP contribution in [0.15, 0.2) is 23.1 Å². The lowest BCUT2D eigenvalue weighted by Crippen LogP contribution is -2.26. The highest BCUT2D eigenvalue weighted by atomic mass is 32.2. The Morgan fingerprint density at radius 3 is 3.00 bits per heavy atom. The molecule has 1 aliphatic rings. The first-order valence-corrected chi connectivity index (χ1v) is 5.10. The van der Waals surface area contributed by atoms with Gasteiger partial charge in [-0.3, -0.25) is 0 Å². The van der Waals surface area contributed by atoms with Crippen LogP contribution in [0.2, 0.25) is 0 Å². The Kier molecular flexibility index (Phi) is 2.56. The Balaban J connectivity index is 2.31. The highest BCUT2D eigenvalue weighted by Crippen LogP contribution is 2.25. The van der Waals surface area contributed by atoms with E-state index in [1.807, 2.05) is 18.2 Å². The minimum Gasteiger partial charge on any atom is -0.302 e. The number of hydrogen-bond donors (Lipinski definition) is 0. The Labute approximate surface area is 82.2 Å². The second-order valence-electron chi connectivity index (χ2n) is 3.50. The van der Waals surface area contributed by atoms with Crippen LogP contribution in [-0.4, -0.2) is 18.5 Å². The van der Waals surface area contributed by atoms with Crippen LogP contribution in [0.3, 0.4) is 0 Å². The molecule has 0 atom stereocenters. The van der Waals surface area contributed by atoms with Gasteiger partial charge in [0, 0.05) is 18.0 Å². The molecule has 0 aliphatic carbocycles. The summed E-state index contributed by atoms with van der Waals surface area (Å²) in [6, 6.07) is 5.85. The van der Waals surface area contributed by atoms with E-state index in [1.165, 1.54) is 11.1 Å². The molecule has 0 N–H and O–H groups in total. The number of likely N-dealkylation sites (N-methyl/N-ethyl adjacent to an activating group) is 1. The number of nitrogens with zero attached hydrogens (tertiary/aromatic N) is 1. The van der Waals surface area contributed by atoms with E-state index in [2.05, 4.69) is 11.9 Å². The molecular weight excluding hydrogens is 185 g/mol.